The van der Waals surface area contributed by atoms with Crippen molar-refractivity contribution >= 4 is 15.9 Å². The summed E-state index contributed by atoms with van der Waals surface area (Å²) in [6.45, 7) is 2.92. The van der Waals surface area contributed by atoms with E-state index < -0.39 is 0 Å². The van der Waals surface area contributed by atoms with Crippen LogP contribution in [-0.4, -0.2) is 19.8 Å². The van der Waals surface area contributed by atoms with Crippen LogP contribution in [-0.2, 0) is 4.74 Å². The Bertz CT molecular complexity index is 353. The van der Waals surface area contributed by atoms with Gasteiger partial charge in [-0.05, 0) is 23.4 Å². The molecule has 0 radical (unpaired) electrons. The molecule has 0 unspecified atom stereocenters. The van der Waals surface area contributed by atoms with Crippen LogP contribution in [0.5, 0.6) is 0 Å². The molecule has 0 aliphatic rings. The summed E-state index contributed by atoms with van der Waals surface area (Å²) >= 11 is 3.34. The molecule has 0 fully saturated rings. The summed E-state index contributed by atoms with van der Waals surface area (Å²) in [4.78, 5) is 1.94. The van der Waals surface area contributed by atoms with Gasteiger partial charge in [0.1, 0.15) is 0 Å². The van der Waals surface area contributed by atoms with Crippen molar-refractivity contribution in [3.63, 3.8) is 0 Å². The Hall–Kier alpha value is -0.640. The van der Waals surface area contributed by atoms with E-state index in [2.05, 4.69) is 58.5 Å². The fraction of sp³-hybridized carbons (Fsp3) is 0.500. The molecule has 1 rings (SSSR count). The van der Waals surface area contributed by atoms with E-state index in [0.29, 0.717) is 12.6 Å². The molecule has 2 nitrogen and oxygen atoms in total. The molecule has 2 atom stereocenters. The molecule has 19 heavy (non-hydrogen) atoms. The van der Waals surface area contributed by atoms with Crippen LogP contribution in [0.25, 0.3) is 0 Å². The second-order valence-electron chi connectivity index (χ2n) is 4.67. The minimum atomic E-state index is 0.256. The van der Waals surface area contributed by atoms with E-state index in [1.807, 2.05) is 11.1 Å². The van der Waals surface area contributed by atoms with Gasteiger partial charge in [-0.15, -0.1) is 0 Å². The zero-order valence-corrected chi connectivity index (χ0v) is 13.4. The van der Waals surface area contributed by atoms with Crippen LogP contribution in [0.1, 0.15) is 37.8 Å². The zero-order chi connectivity index (χ0) is 13.9. The number of ether oxygens (including phenoxy) is 1. The lowest BCUT2D eigenvalue weighted by molar-refractivity contribution is 0.160. The van der Waals surface area contributed by atoms with Crippen LogP contribution >= 0.6 is 15.9 Å². The first-order chi connectivity index (χ1) is 9.31. The average molecular weight is 326 g/mol. The van der Waals surface area contributed by atoms with Crippen LogP contribution in [0.2, 0.25) is 0 Å². The molecule has 0 aliphatic carbocycles. The maximum atomic E-state index is 5.35. The van der Waals surface area contributed by atoms with Crippen molar-refractivity contribution in [2.75, 3.05) is 13.7 Å². The van der Waals surface area contributed by atoms with Gasteiger partial charge in [0.25, 0.3) is 0 Å². The summed E-state index contributed by atoms with van der Waals surface area (Å²) in [6.07, 6.45) is 5.54. The first-order valence-corrected chi connectivity index (χ1v) is 7.78. The van der Waals surface area contributed by atoms with E-state index in [0.717, 1.165) is 6.42 Å². The second-order valence-corrected chi connectivity index (χ2v) is 5.20. The lowest BCUT2D eigenvalue weighted by atomic mass is 10.0. The van der Waals surface area contributed by atoms with E-state index in [1.54, 1.807) is 7.11 Å². The molecule has 0 bridgehead atoms. The lowest BCUT2D eigenvalue weighted by Gasteiger charge is -2.25. The molecular weight excluding hydrogens is 302 g/mol. The summed E-state index contributed by atoms with van der Waals surface area (Å²) in [5.74, 6) is 0. The summed E-state index contributed by atoms with van der Waals surface area (Å²) in [6, 6.07) is 11.2. The summed E-state index contributed by atoms with van der Waals surface area (Å²) in [7, 11) is 1.75. The van der Waals surface area contributed by atoms with Gasteiger partial charge in [0.15, 0.2) is 0 Å². The molecule has 1 aromatic carbocycles. The van der Waals surface area contributed by atoms with Crippen LogP contribution < -0.4 is 5.32 Å². The van der Waals surface area contributed by atoms with Crippen molar-refractivity contribution < 1.29 is 4.74 Å². The quantitative estimate of drug-likeness (QED) is 0.725. The second kappa shape index (κ2) is 10.2. The fourth-order valence-electron chi connectivity index (χ4n) is 2.21. The Morgan fingerprint density at radius 3 is 2.63 bits per heavy atom. The molecule has 1 N–H and O–H groups in total. The van der Waals surface area contributed by atoms with E-state index in [9.17, 15) is 0 Å². The number of rotatable bonds is 9. The predicted molar refractivity (Wildman–Crippen MR) is 85.6 cm³/mol. The van der Waals surface area contributed by atoms with Gasteiger partial charge in [0, 0.05) is 13.2 Å². The molecule has 106 valence electrons. The van der Waals surface area contributed by atoms with Gasteiger partial charge in [0.2, 0.25) is 0 Å². The van der Waals surface area contributed by atoms with Crippen molar-refractivity contribution in [3.8, 4) is 0 Å². The van der Waals surface area contributed by atoms with Crippen molar-refractivity contribution in [2.45, 2.75) is 38.3 Å². The standard InChI is InChI=1S/C16H24BrNO/c1-3-8-15(11-7-12-17)18-16(13-19-2)14-9-5-4-6-10-14/h4-7,9-10,12,15-16,18H,3,8,11,13H2,1-2H3/b12-7-/t15-,16-/m0/s1. The van der Waals surface area contributed by atoms with Crippen LogP contribution in [0.3, 0.4) is 0 Å². The van der Waals surface area contributed by atoms with Crippen LogP contribution in [0.4, 0.5) is 0 Å². The number of benzene rings is 1. The maximum absolute atomic E-state index is 5.35. The summed E-state index contributed by atoms with van der Waals surface area (Å²) in [5, 5.41) is 3.71. The molecule has 0 saturated carbocycles. The normalized spacial score (nSPS) is 14.7. The molecule has 0 aromatic heterocycles. The minimum Gasteiger partial charge on any atom is -0.383 e. The van der Waals surface area contributed by atoms with Crippen molar-refractivity contribution in [3.05, 3.63) is 47.0 Å². The van der Waals surface area contributed by atoms with Crippen molar-refractivity contribution in [1.82, 2.24) is 5.32 Å². The Morgan fingerprint density at radius 1 is 1.32 bits per heavy atom. The highest BCUT2D eigenvalue weighted by atomic mass is 79.9. The predicted octanol–water partition coefficient (Wildman–Crippen LogP) is 4.43. The van der Waals surface area contributed by atoms with Crippen LogP contribution in [0.15, 0.2) is 41.4 Å². The van der Waals surface area contributed by atoms with Gasteiger partial charge in [0.05, 0.1) is 12.6 Å². The molecule has 0 heterocycles. The Balaban J connectivity index is 2.69. The lowest BCUT2D eigenvalue weighted by Crippen LogP contribution is -2.34. The van der Waals surface area contributed by atoms with Gasteiger partial charge in [-0.3, -0.25) is 0 Å². The fourth-order valence-corrected chi connectivity index (χ4v) is 2.43. The van der Waals surface area contributed by atoms with Gasteiger partial charge in [-0.2, -0.15) is 0 Å². The largest absolute Gasteiger partial charge is 0.383 e. The number of methoxy groups -OCH3 is 1. The van der Waals surface area contributed by atoms with Crippen molar-refractivity contribution in [2.24, 2.45) is 0 Å². The highest BCUT2D eigenvalue weighted by Gasteiger charge is 2.15. The van der Waals surface area contributed by atoms with Gasteiger partial charge >= 0.3 is 0 Å². The van der Waals surface area contributed by atoms with Gasteiger partial charge in [-0.25, -0.2) is 0 Å². The number of hydrogen-bond donors (Lipinski definition) is 1. The van der Waals surface area contributed by atoms with E-state index in [4.69, 9.17) is 4.74 Å². The maximum Gasteiger partial charge on any atom is 0.0657 e. The molecule has 1 aromatic rings. The third kappa shape index (κ3) is 6.37. The number of halogens is 1. The summed E-state index contributed by atoms with van der Waals surface area (Å²) < 4.78 is 5.35. The Kier molecular flexibility index (Phi) is 8.80. The molecule has 3 heteroatoms. The SMILES string of the molecule is CCC[C@@H](C/C=C\Br)N[C@@H](COC)c1ccccc1. The van der Waals surface area contributed by atoms with E-state index in [-0.39, 0.29) is 6.04 Å². The third-order valence-electron chi connectivity index (χ3n) is 3.12. The molecule has 0 amide bonds. The van der Waals surface area contributed by atoms with Gasteiger partial charge < -0.3 is 10.1 Å². The topological polar surface area (TPSA) is 21.3 Å². The number of hydrogen-bond acceptors (Lipinski definition) is 2. The highest BCUT2D eigenvalue weighted by Crippen LogP contribution is 2.16. The van der Waals surface area contributed by atoms with Gasteiger partial charge in [-0.1, -0.05) is 65.7 Å². The average Bonchev–Trinajstić information content (AvgIpc) is 2.45. The van der Waals surface area contributed by atoms with Crippen molar-refractivity contribution in [1.29, 1.82) is 0 Å². The van der Waals surface area contributed by atoms with Crippen LogP contribution in [0, 0.1) is 0 Å². The summed E-state index contributed by atoms with van der Waals surface area (Å²) in [5.41, 5.74) is 1.29. The molecule has 0 aliphatic heterocycles. The first kappa shape index (κ1) is 16.4. The Labute approximate surface area is 125 Å². The highest BCUT2D eigenvalue weighted by molar-refractivity contribution is 9.11. The zero-order valence-electron chi connectivity index (χ0n) is 11.8. The minimum absolute atomic E-state index is 0.256. The Morgan fingerprint density at radius 2 is 2.05 bits per heavy atom. The first-order valence-electron chi connectivity index (χ1n) is 6.87. The monoisotopic (exact) mass is 325 g/mol. The third-order valence-corrected chi connectivity index (χ3v) is 3.49. The molecule has 0 spiro atoms. The van der Waals surface area contributed by atoms with E-state index in [1.165, 1.54) is 18.4 Å². The molecular formula is C16H24BrNO. The smallest absolute Gasteiger partial charge is 0.0657 e. The molecule has 0 saturated heterocycles. The van der Waals surface area contributed by atoms with E-state index >= 15 is 0 Å². The number of nitrogens with one attached hydrogen (secondary N) is 1.